The summed E-state index contributed by atoms with van der Waals surface area (Å²) in [5.41, 5.74) is 0.889. The third-order valence-electron chi connectivity index (χ3n) is 1.42. The molecule has 0 unspecified atom stereocenters. The van der Waals surface area contributed by atoms with Crippen molar-refractivity contribution in [3.63, 3.8) is 0 Å². The smallest absolute Gasteiger partial charge is 0.334 e. The second-order valence-electron chi connectivity index (χ2n) is 2.79. The number of carbonyl (C=O) groups excluding carboxylic acids is 1. The van der Waals surface area contributed by atoms with Gasteiger partial charge in [-0.15, -0.1) is 0 Å². The highest BCUT2D eigenvalue weighted by Crippen LogP contribution is 2.19. The van der Waals surface area contributed by atoms with E-state index in [2.05, 4.69) is 13.2 Å². The normalized spacial score (nSPS) is 9.62. The fourth-order valence-corrected chi connectivity index (χ4v) is 2.16. The van der Waals surface area contributed by atoms with Gasteiger partial charge in [0.25, 0.3) is 0 Å². The molecule has 0 saturated heterocycles. The Bertz CT molecular complexity index is 325. The first-order valence-corrected chi connectivity index (χ1v) is 6.41. The molecule has 0 fully saturated rings. The predicted octanol–water partition coefficient (Wildman–Crippen LogP) is 2.49. The number of carbonyl (C=O) groups is 1. The highest BCUT2D eigenvalue weighted by atomic mass is 127. The first-order valence-electron chi connectivity index (χ1n) is 4.50. The van der Waals surface area contributed by atoms with E-state index in [1.807, 2.05) is 28.9 Å². The molecule has 0 rings (SSSR count). The van der Waals surface area contributed by atoms with Crippen LogP contribution in [-0.2, 0) is 9.53 Å². The van der Waals surface area contributed by atoms with Crippen molar-refractivity contribution in [3.8, 4) is 6.07 Å². The van der Waals surface area contributed by atoms with Crippen LogP contribution < -0.4 is 0 Å². The van der Waals surface area contributed by atoms with Gasteiger partial charge in [0.1, 0.15) is 0 Å². The first kappa shape index (κ1) is 15.5. The molecular weight excluding hydrogens is 339 g/mol. The zero-order chi connectivity index (χ0) is 12.6. The van der Waals surface area contributed by atoms with Crippen molar-refractivity contribution in [3.05, 3.63) is 24.3 Å². The van der Waals surface area contributed by atoms with Gasteiger partial charge >= 0.3 is 5.97 Å². The van der Waals surface area contributed by atoms with Gasteiger partial charge in [0.2, 0.25) is 0 Å². The fraction of sp³-hybridized carbons (Fsp3) is 0.400. The Morgan fingerprint density at radius 2 is 2.25 bits per heavy atom. The largest absolute Gasteiger partial charge is 0.463 e. The summed E-state index contributed by atoms with van der Waals surface area (Å²) in [7, 11) is 0. The molecule has 0 heterocycles. The van der Waals surface area contributed by atoms with Gasteiger partial charge in [-0.25, -0.2) is 4.79 Å². The molecule has 6 heteroatoms. The van der Waals surface area contributed by atoms with Gasteiger partial charge < -0.3 is 4.74 Å². The molecule has 0 aromatic carbocycles. The molecule has 0 aliphatic carbocycles. The molecule has 0 bridgehead atoms. The van der Waals surface area contributed by atoms with E-state index in [0.717, 1.165) is 0 Å². The Morgan fingerprint density at radius 1 is 1.62 bits per heavy atom. The lowest BCUT2D eigenvalue weighted by molar-refractivity contribution is -0.138. The number of nitrogens with zero attached hydrogens (tertiary/aromatic N) is 2. The third kappa shape index (κ3) is 6.87. The minimum Gasteiger partial charge on any atom is -0.463 e. The van der Waals surface area contributed by atoms with Crippen LogP contribution in [0.2, 0.25) is 0 Å². The van der Waals surface area contributed by atoms with Crippen molar-refractivity contribution < 1.29 is 9.53 Å². The Hall–Kier alpha value is -0.520. The highest BCUT2D eigenvalue weighted by Gasteiger charge is 2.10. The van der Waals surface area contributed by atoms with Gasteiger partial charge in [0, 0.05) is 39.8 Å². The molecule has 0 aromatic heterocycles. The minimum absolute atomic E-state index is 0.349. The van der Waals surface area contributed by atoms with Crippen molar-refractivity contribution in [2.45, 2.75) is 6.92 Å². The number of nitriles is 1. The average Bonchev–Trinajstić information content (AvgIpc) is 2.25. The minimum atomic E-state index is -0.376. The van der Waals surface area contributed by atoms with Crippen LogP contribution in [0.4, 0.5) is 0 Å². The maximum atomic E-state index is 11.2. The van der Waals surface area contributed by atoms with Crippen LogP contribution in [-0.4, -0.2) is 27.4 Å². The van der Waals surface area contributed by atoms with Crippen LogP contribution in [0.5, 0.6) is 0 Å². The number of halogens is 1. The number of esters is 1. The number of ether oxygens (including phenoxy) is 1. The predicted molar refractivity (Wildman–Crippen MR) is 73.7 cm³/mol. The van der Waals surface area contributed by atoms with E-state index >= 15 is 0 Å². The molecule has 0 aliphatic heterocycles. The van der Waals surface area contributed by atoms with Gasteiger partial charge in [0.05, 0.1) is 19.2 Å². The lowest BCUT2D eigenvalue weighted by Gasteiger charge is -2.12. The van der Waals surface area contributed by atoms with E-state index in [0.29, 0.717) is 30.1 Å². The van der Waals surface area contributed by atoms with Crippen LogP contribution in [0.15, 0.2) is 24.3 Å². The molecule has 4 nitrogen and oxygen atoms in total. The molecule has 0 N–H and O–H groups in total. The molecule has 0 atom stereocenters. The molecule has 16 heavy (non-hydrogen) atoms. The second-order valence-corrected chi connectivity index (χ2v) is 5.60. The van der Waals surface area contributed by atoms with Crippen LogP contribution >= 0.6 is 34.8 Å². The lowest BCUT2D eigenvalue weighted by atomic mass is 10.3. The SMILES string of the molecule is C=C(C#N)CN(I)SCC(=C)C(=O)OCC. The van der Waals surface area contributed by atoms with E-state index in [9.17, 15) is 4.79 Å². The van der Waals surface area contributed by atoms with Crippen LogP contribution in [0.25, 0.3) is 0 Å². The highest BCUT2D eigenvalue weighted by molar-refractivity contribution is 14.1. The number of hydrogen-bond donors (Lipinski definition) is 0. The van der Waals surface area contributed by atoms with E-state index in [-0.39, 0.29) is 5.97 Å². The summed E-state index contributed by atoms with van der Waals surface area (Å²) in [6.07, 6.45) is 0. The topological polar surface area (TPSA) is 53.3 Å². The lowest BCUT2D eigenvalue weighted by Crippen LogP contribution is -2.12. The van der Waals surface area contributed by atoms with Crippen LogP contribution in [0.1, 0.15) is 6.92 Å². The Kier molecular flexibility index (Phi) is 8.33. The van der Waals surface area contributed by atoms with Crippen molar-refractivity contribution in [2.24, 2.45) is 0 Å². The van der Waals surface area contributed by atoms with Crippen molar-refractivity contribution in [2.75, 3.05) is 18.9 Å². The quantitative estimate of drug-likeness (QED) is 0.176. The molecule has 0 spiro atoms. The standard InChI is InChI=1S/C10H13IN2O2S/c1-4-15-10(14)9(3)7-16-13(11)6-8(2)5-12/h2-4,6-7H2,1H3. The Balaban J connectivity index is 3.88. The third-order valence-corrected chi connectivity index (χ3v) is 3.48. The summed E-state index contributed by atoms with van der Waals surface area (Å²) in [6.45, 7) is 9.76. The summed E-state index contributed by atoms with van der Waals surface area (Å²) in [4.78, 5) is 11.2. The zero-order valence-corrected chi connectivity index (χ0v) is 12.0. The van der Waals surface area contributed by atoms with Gasteiger partial charge in [-0.05, 0) is 6.92 Å². The van der Waals surface area contributed by atoms with E-state index in [1.54, 1.807) is 9.44 Å². The average molecular weight is 352 g/mol. The first-order chi connectivity index (χ1) is 7.51. The van der Waals surface area contributed by atoms with Crippen LogP contribution in [0, 0.1) is 11.3 Å². The monoisotopic (exact) mass is 352 g/mol. The van der Waals surface area contributed by atoms with Crippen LogP contribution in [0.3, 0.4) is 0 Å². The van der Waals surface area contributed by atoms with Crippen molar-refractivity contribution in [1.82, 2.24) is 2.52 Å². The van der Waals surface area contributed by atoms with E-state index in [4.69, 9.17) is 10.00 Å². The Morgan fingerprint density at radius 3 is 2.75 bits per heavy atom. The molecule has 88 valence electrons. The molecule has 0 saturated carbocycles. The van der Waals surface area contributed by atoms with E-state index in [1.165, 1.54) is 11.9 Å². The summed E-state index contributed by atoms with van der Waals surface area (Å²) in [6, 6.07) is 1.96. The Labute approximate surface area is 114 Å². The van der Waals surface area contributed by atoms with Crippen molar-refractivity contribution in [1.29, 1.82) is 5.26 Å². The summed E-state index contributed by atoms with van der Waals surface area (Å²) in [5.74, 6) is 0.0689. The van der Waals surface area contributed by atoms with Crippen molar-refractivity contribution >= 4 is 40.8 Å². The zero-order valence-electron chi connectivity index (χ0n) is 9.03. The summed E-state index contributed by atoms with van der Waals surface area (Å²) < 4.78 is 6.59. The molecule has 0 amide bonds. The molecule has 0 radical (unpaired) electrons. The molecule has 0 aliphatic rings. The second kappa shape index (κ2) is 8.61. The maximum Gasteiger partial charge on any atom is 0.334 e. The van der Waals surface area contributed by atoms with Gasteiger partial charge in [-0.3, -0.25) is 0 Å². The summed E-state index contributed by atoms with van der Waals surface area (Å²) >= 11 is 3.44. The van der Waals surface area contributed by atoms with Gasteiger partial charge in [-0.1, -0.05) is 25.1 Å². The number of rotatable bonds is 7. The van der Waals surface area contributed by atoms with Gasteiger partial charge in [0.15, 0.2) is 0 Å². The fourth-order valence-electron chi connectivity index (χ4n) is 0.671. The maximum absolute atomic E-state index is 11.2. The number of hydrogen-bond acceptors (Lipinski definition) is 5. The summed E-state index contributed by atoms with van der Waals surface area (Å²) in [5, 5.41) is 8.54. The van der Waals surface area contributed by atoms with Gasteiger partial charge in [-0.2, -0.15) is 7.78 Å². The molecule has 0 aromatic rings. The van der Waals surface area contributed by atoms with E-state index < -0.39 is 0 Å². The molecular formula is C10H13IN2O2S.